The molecule has 0 amide bonds. The summed E-state index contributed by atoms with van der Waals surface area (Å²) >= 11 is 2.65. The summed E-state index contributed by atoms with van der Waals surface area (Å²) in [5, 5.41) is 22.8. The number of aromatic nitrogens is 2. The van der Waals surface area contributed by atoms with Crippen molar-refractivity contribution in [2.24, 2.45) is 0 Å². The molecule has 1 N–H and O–H groups in total. The number of nitrogens with one attached hydrogen (secondary N) is 1. The van der Waals surface area contributed by atoms with Crippen molar-refractivity contribution in [3.63, 3.8) is 0 Å². The lowest BCUT2D eigenvalue weighted by Crippen LogP contribution is -1.94. The molecule has 2 aromatic rings. The highest BCUT2D eigenvalue weighted by Crippen LogP contribution is 2.37. The lowest BCUT2D eigenvalue weighted by molar-refractivity contribution is -0.387. The number of nitro groups is 1. The maximum atomic E-state index is 11.0. The Balaban J connectivity index is 2.24. The summed E-state index contributed by atoms with van der Waals surface area (Å²) in [6, 6.07) is 5.16. The van der Waals surface area contributed by atoms with Crippen LogP contribution in [-0.2, 0) is 0 Å². The second kappa shape index (κ2) is 5.98. The molecule has 0 aliphatic heterocycles. The molecule has 0 radical (unpaired) electrons. The summed E-state index contributed by atoms with van der Waals surface area (Å²) < 4.78 is 0.683. The zero-order chi connectivity index (χ0) is 13.8. The van der Waals surface area contributed by atoms with Gasteiger partial charge < -0.3 is 5.32 Å². The van der Waals surface area contributed by atoms with E-state index in [1.807, 2.05) is 19.9 Å². The first kappa shape index (κ1) is 13.8. The number of nitro benzene ring substituents is 1. The lowest BCUT2D eigenvalue weighted by Gasteiger charge is -2.00. The summed E-state index contributed by atoms with van der Waals surface area (Å²) in [7, 11) is 0. The first-order valence-corrected chi connectivity index (χ1v) is 7.23. The van der Waals surface area contributed by atoms with Gasteiger partial charge in [0.1, 0.15) is 0 Å². The monoisotopic (exact) mass is 296 g/mol. The molecule has 0 spiro atoms. The summed E-state index contributed by atoms with van der Waals surface area (Å²) in [4.78, 5) is 11.2. The Morgan fingerprint density at radius 2 is 2.26 bits per heavy atom. The molecule has 0 bridgehead atoms. The van der Waals surface area contributed by atoms with E-state index in [1.165, 1.54) is 23.1 Å². The topological polar surface area (TPSA) is 81.0 Å². The molecule has 1 aromatic heterocycles. The Kier molecular flexibility index (Phi) is 4.33. The standard InChI is InChI=1S/C11H12N4O2S2/c1-3-12-10-13-14-11(19-10)18-9-5-4-7(2)6-8(9)15(16)17/h4-6H,3H2,1-2H3,(H,12,13). The quantitative estimate of drug-likeness (QED) is 0.673. The van der Waals surface area contributed by atoms with Gasteiger partial charge in [0.15, 0.2) is 4.34 Å². The van der Waals surface area contributed by atoms with E-state index in [-0.39, 0.29) is 10.6 Å². The number of hydrogen-bond acceptors (Lipinski definition) is 7. The molecule has 0 fully saturated rings. The Morgan fingerprint density at radius 1 is 1.47 bits per heavy atom. The minimum Gasteiger partial charge on any atom is -0.360 e. The predicted molar refractivity (Wildman–Crippen MR) is 76.0 cm³/mol. The van der Waals surface area contributed by atoms with Crippen LogP contribution < -0.4 is 5.32 Å². The Morgan fingerprint density at radius 3 is 2.95 bits per heavy atom. The van der Waals surface area contributed by atoms with Crippen molar-refractivity contribution < 1.29 is 4.92 Å². The van der Waals surface area contributed by atoms with Gasteiger partial charge >= 0.3 is 0 Å². The smallest absolute Gasteiger partial charge is 0.283 e. The van der Waals surface area contributed by atoms with Gasteiger partial charge in [-0.05, 0) is 37.2 Å². The van der Waals surface area contributed by atoms with Gasteiger partial charge in [-0.15, -0.1) is 10.2 Å². The highest BCUT2D eigenvalue weighted by Gasteiger charge is 2.16. The van der Waals surface area contributed by atoms with Crippen LogP contribution in [0.2, 0.25) is 0 Å². The van der Waals surface area contributed by atoms with Gasteiger partial charge in [0.05, 0.1) is 9.82 Å². The van der Waals surface area contributed by atoms with Crippen LogP contribution >= 0.6 is 23.1 Å². The van der Waals surface area contributed by atoms with Crippen LogP contribution in [0.15, 0.2) is 27.4 Å². The third-order valence-electron chi connectivity index (χ3n) is 2.24. The summed E-state index contributed by atoms with van der Waals surface area (Å²) in [6.07, 6.45) is 0. The highest BCUT2D eigenvalue weighted by atomic mass is 32.2. The molecule has 0 saturated heterocycles. The van der Waals surface area contributed by atoms with E-state index in [0.29, 0.717) is 9.24 Å². The molecule has 0 saturated carbocycles. The van der Waals surface area contributed by atoms with E-state index in [1.54, 1.807) is 12.1 Å². The van der Waals surface area contributed by atoms with Crippen LogP contribution in [0.25, 0.3) is 0 Å². The van der Waals surface area contributed by atoms with Crippen molar-refractivity contribution in [2.45, 2.75) is 23.1 Å². The molecule has 0 aliphatic carbocycles. The predicted octanol–water partition coefficient (Wildman–Crippen LogP) is 3.34. The molecule has 0 aliphatic rings. The Labute approximate surface area is 118 Å². The van der Waals surface area contributed by atoms with Crippen molar-refractivity contribution in [1.82, 2.24) is 10.2 Å². The molecule has 0 atom stereocenters. The number of aryl methyl sites for hydroxylation is 1. The molecular formula is C11H12N4O2S2. The van der Waals surface area contributed by atoms with Gasteiger partial charge in [-0.1, -0.05) is 17.4 Å². The maximum absolute atomic E-state index is 11.0. The van der Waals surface area contributed by atoms with Gasteiger partial charge in [-0.3, -0.25) is 10.1 Å². The number of anilines is 1. The molecule has 8 heteroatoms. The van der Waals surface area contributed by atoms with Crippen LogP contribution in [0.5, 0.6) is 0 Å². The fourth-order valence-electron chi connectivity index (χ4n) is 1.42. The SMILES string of the molecule is CCNc1nnc(Sc2ccc(C)cc2[N+](=O)[O-])s1. The molecular weight excluding hydrogens is 284 g/mol. The van der Waals surface area contributed by atoms with Crippen molar-refractivity contribution in [2.75, 3.05) is 11.9 Å². The average molecular weight is 296 g/mol. The Hall–Kier alpha value is -1.67. The van der Waals surface area contributed by atoms with Crippen molar-refractivity contribution >= 4 is 33.9 Å². The number of nitrogens with zero attached hydrogens (tertiary/aromatic N) is 3. The second-order valence-electron chi connectivity index (χ2n) is 3.73. The molecule has 1 aromatic carbocycles. The van der Waals surface area contributed by atoms with E-state index >= 15 is 0 Å². The first-order chi connectivity index (χ1) is 9.10. The van der Waals surface area contributed by atoms with Crippen molar-refractivity contribution in [1.29, 1.82) is 0 Å². The molecule has 19 heavy (non-hydrogen) atoms. The van der Waals surface area contributed by atoms with Crippen molar-refractivity contribution in [3.8, 4) is 0 Å². The molecule has 6 nitrogen and oxygen atoms in total. The maximum Gasteiger partial charge on any atom is 0.283 e. The minimum absolute atomic E-state index is 0.102. The van der Waals surface area contributed by atoms with E-state index < -0.39 is 0 Å². The van der Waals surface area contributed by atoms with Crippen LogP contribution in [-0.4, -0.2) is 21.7 Å². The van der Waals surface area contributed by atoms with Crippen LogP contribution in [0.4, 0.5) is 10.8 Å². The highest BCUT2D eigenvalue weighted by molar-refractivity contribution is 8.01. The summed E-state index contributed by atoms with van der Waals surface area (Å²) in [5.41, 5.74) is 0.965. The number of hydrogen-bond donors (Lipinski definition) is 1. The van der Waals surface area contributed by atoms with Crippen LogP contribution in [0.1, 0.15) is 12.5 Å². The van der Waals surface area contributed by atoms with Crippen molar-refractivity contribution in [3.05, 3.63) is 33.9 Å². The van der Waals surface area contributed by atoms with E-state index in [9.17, 15) is 10.1 Å². The van der Waals surface area contributed by atoms with Crippen LogP contribution in [0, 0.1) is 17.0 Å². The fourth-order valence-corrected chi connectivity index (χ4v) is 3.29. The van der Waals surface area contributed by atoms with E-state index in [0.717, 1.165) is 17.2 Å². The van der Waals surface area contributed by atoms with E-state index in [2.05, 4.69) is 15.5 Å². The zero-order valence-electron chi connectivity index (χ0n) is 10.4. The zero-order valence-corrected chi connectivity index (χ0v) is 12.0. The summed E-state index contributed by atoms with van der Waals surface area (Å²) in [5.74, 6) is 0. The normalized spacial score (nSPS) is 10.4. The van der Waals surface area contributed by atoms with Crippen LogP contribution in [0.3, 0.4) is 0 Å². The van der Waals surface area contributed by atoms with Gasteiger partial charge in [0, 0.05) is 12.6 Å². The second-order valence-corrected chi connectivity index (χ2v) is 6.00. The molecule has 0 unspecified atom stereocenters. The largest absolute Gasteiger partial charge is 0.360 e. The Bertz CT molecular complexity index is 600. The summed E-state index contributed by atoms with van der Waals surface area (Å²) in [6.45, 7) is 4.57. The first-order valence-electron chi connectivity index (χ1n) is 5.60. The fraction of sp³-hybridized carbons (Fsp3) is 0.273. The third kappa shape index (κ3) is 3.42. The minimum atomic E-state index is -0.373. The van der Waals surface area contributed by atoms with Gasteiger partial charge in [0.2, 0.25) is 5.13 Å². The van der Waals surface area contributed by atoms with Gasteiger partial charge in [0.25, 0.3) is 5.69 Å². The number of rotatable bonds is 5. The molecule has 100 valence electrons. The molecule has 1 heterocycles. The van der Waals surface area contributed by atoms with Gasteiger partial charge in [-0.2, -0.15) is 0 Å². The third-order valence-corrected chi connectivity index (χ3v) is 4.24. The average Bonchev–Trinajstić information content (AvgIpc) is 2.79. The lowest BCUT2D eigenvalue weighted by atomic mass is 10.2. The van der Waals surface area contributed by atoms with Gasteiger partial charge in [-0.25, -0.2) is 0 Å². The number of benzene rings is 1. The van der Waals surface area contributed by atoms with E-state index in [4.69, 9.17) is 0 Å². The molecule has 2 rings (SSSR count).